The Morgan fingerprint density at radius 2 is 2.19 bits per heavy atom. The van der Waals surface area contributed by atoms with Crippen LogP contribution in [0, 0.1) is 0 Å². The van der Waals surface area contributed by atoms with Crippen LogP contribution in [0.5, 0.6) is 0 Å². The molecule has 7 heteroatoms. The largest absolute Gasteiger partial charge is 0.349 e. The zero-order valence-corrected chi connectivity index (χ0v) is 14.1. The summed E-state index contributed by atoms with van der Waals surface area (Å²) in [5, 5.41) is 3.74. The number of hydrogen-bond donors (Lipinski definition) is 1. The van der Waals surface area contributed by atoms with E-state index in [-0.39, 0.29) is 28.9 Å². The quantitative estimate of drug-likeness (QED) is 0.858. The van der Waals surface area contributed by atoms with Crippen LogP contribution < -0.4 is 5.32 Å². The average Bonchev–Trinajstić information content (AvgIpc) is 2.93. The normalized spacial score (nSPS) is 21.8. The van der Waals surface area contributed by atoms with E-state index >= 15 is 0 Å². The Morgan fingerprint density at radius 1 is 1.48 bits per heavy atom. The lowest BCUT2D eigenvalue weighted by atomic mass is 9.98. The first-order valence-corrected chi connectivity index (χ1v) is 9.45. The van der Waals surface area contributed by atoms with E-state index in [1.54, 1.807) is 23.6 Å². The second-order valence-corrected chi connectivity index (χ2v) is 9.55. The molecule has 5 nitrogen and oxygen atoms in total. The maximum atomic E-state index is 11.8. The number of amides is 1. The minimum absolute atomic E-state index is 0.00276. The molecule has 1 saturated heterocycles. The summed E-state index contributed by atoms with van der Waals surface area (Å²) in [7, 11) is -2.97. The third kappa shape index (κ3) is 4.64. The minimum atomic E-state index is -2.97. The fourth-order valence-electron chi connectivity index (χ4n) is 2.03. The van der Waals surface area contributed by atoms with Crippen LogP contribution in [-0.4, -0.2) is 36.9 Å². The summed E-state index contributed by atoms with van der Waals surface area (Å²) in [6.07, 6.45) is 5.39. The van der Waals surface area contributed by atoms with Gasteiger partial charge in [-0.25, -0.2) is 13.4 Å². The summed E-state index contributed by atoms with van der Waals surface area (Å²) >= 11 is 1.55. The summed E-state index contributed by atoms with van der Waals surface area (Å²) in [6, 6.07) is -0.265. The molecule has 2 rings (SSSR count). The zero-order valence-electron chi connectivity index (χ0n) is 12.4. The monoisotopic (exact) mass is 328 g/mol. The van der Waals surface area contributed by atoms with Gasteiger partial charge in [0.05, 0.1) is 16.5 Å². The van der Waals surface area contributed by atoms with Gasteiger partial charge in [-0.15, -0.1) is 11.3 Å². The van der Waals surface area contributed by atoms with Crippen LogP contribution in [0.3, 0.4) is 0 Å². The van der Waals surface area contributed by atoms with Gasteiger partial charge < -0.3 is 5.32 Å². The van der Waals surface area contributed by atoms with Gasteiger partial charge in [-0.2, -0.15) is 0 Å². The zero-order chi connectivity index (χ0) is 15.7. The second kappa shape index (κ2) is 5.88. The predicted molar refractivity (Wildman–Crippen MR) is 85.0 cm³/mol. The molecule has 0 radical (unpaired) electrons. The molecule has 1 aliphatic rings. The maximum absolute atomic E-state index is 11.8. The highest BCUT2D eigenvalue weighted by Gasteiger charge is 2.28. The Hall–Kier alpha value is -1.21. The first-order chi connectivity index (χ1) is 9.66. The molecule has 0 saturated carbocycles. The van der Waals surface area contributed by atoms with Crippen molar-refractivity contribution >= 4 is 33.2 Å². The minimum Gasteiger partial charge on any atom is -0.349 e. The van der Waals surface area contributed by atoms with Gasteiger partial charge in [0.15, 0.2) is 9.84 Å². The molecule has 0 aliphatic carbocycles. The molecule has 1 amide bonds. The number of nitrogens with one attached hydrogen (secondary N) is 1. The van der Waals surface area contributed by atoms with Crippen LogP contribution in [0.15, 0.2) is 12.3 Å². The molecule has 116 valence electrons. The highest BCUT2D eigenvalue weighted by atomic mass is 32.2. The molecule has 2 heterocycles. The number of thiazole rings is 1. The summed E-state index contributed by atoms with van der Waals surface area (Å²) in [5.41, 5.74) is -0.00276. The van der Waals surface area contributed by atoms with Gasteiger partial charge in [-0.1, -0.05) is 20.8 Å². The van der Waals surface area contributed by atoms with Crippen molar-refractivity contribution in [2.45, 2.75) is 38.6 Å². The van der Waals surface area contributed by atoms with Crippen LogP contribution in [-0.2, 0) is 20.0 Å². The van der Waals surface area contributed by atoms with Crippen LogP contribution in [0.2, 0.25) is 0 Å². The summed E-state index contributed by atoms with van der Waals surface area (Å²) in [4.78, 5) is 17.0. The molecule has 1 aliphatic heterocycles. The SMILES string of the molecule is CC(C)(C)c1ncc(/C=C/C(=O)N[C@H]2CCS(=O)(=O)C2)s1. The van der Waals surface area contributed by atoms with E-state index in [1.807, 2.05) is 0 Å². The van der Waals surface area contributed by atoms with Crippen molar-refractivity contribution in [3.63, 3.8) is 0 Å². The van der Waals surface area contributed by atoms with Gasteiger partial charge in [0.25, 0.3) is 0 Å². The van der Waals surface area contributed by atoms with Crippen molar-refractivity contribution in [2.75, 3.05) is 11.5 Å². The standard InChI is InChI=1S/C14H20N2O3S2/c1-14(2,3)13-15-8-11(20-13)4-5-12(17)16-10-6-7-21(18,19)9-10/h4-5,8,10H,6-7,9H2,1-3H3,(H,16,17)/b5-4+/t10-/m0/s1. The summed E-state index contributed by atoms with van der Waals surface area (Å²) in [6.45, 7) is 6.27. The fourth-order valence-corrected chi connectivity index (χ4v) is 4.58. The van der Waals surface area contributed by atoms with E-state index in [1.165, 1.54) is 6.08 Å². The lowest BCUT2D eigenvalue weighted by molar-refractivity contribution is -0.116. The first-order valence-electron chi connectivity index (χ1n) is 6.81. The van der Waals surface area contributed by atoms with E-state index in [0.717, 1.165) is 9.88 Å². The lowest BCUT2D eigenvalue weighted by Crippen LogP contribution is -2.34. The van der Waals surface area contributed by atoms with Crippen LogP contribution >= 0.6 is 11.3 Å². The Bertz CT molecular complexity index is 654. The number of rotatable bonds is 3. The van der Waals surface area contributed by atoms with Crippen molar-refractivity contribution in [3.05, 3.63) is 22.2 Å². The molecule has 0 aromatic carbocycles. The summed E-state index contributed by atoms with van der Waals surface area (Å²) < 4.78 is 22.6. The lowest BCUT2D eigenvalue weighted by Gasteiger charge is -2.13. The molecule has 1 atom stereocenters. The molecular weight excluding hydrogens is 308 g/mol. The van der Waals surface area contributed by atoms with Crippen molar-refractivity contribution in [3.8, 4) is 0 Å². The van der Waals surface area contributed by atoms with Crippen molar-refractivity contribution in [2.24, 2.45) is 0 Å². The van der Waals surface area contributed by atoms with Crippen molar-refractivity contribution in [1.29, 1.82) is 0 Å². The third-order valence-corrected chi connectivity index (χ3v) is 6.30. The Labute approximate surface area is 129 Å². The Balaban J connectivity index is 1.92. The fraction of sp³-hybridized carbons (Fsp3) is 0.571. The third-order valence-electron chi connectivity index (χ3n) is 3.14. The maximum Gasteiger partial charge on any atom is 0.244 e. The molecule has 1 aromatic heterocycles. The Kier molecular flexibility index (Phi) is 4.53. The Morgan fingerprint density at radius 3 is 2.71 bits per heavy atom. The molecular formula is C14H20N2O3S2. The molecule has 1 fully saturated rings. The van der Waals surface area contributed by atoms with Gasteiger partial charge in [0, 0.05) is 28.6 Å². The van der Waals surface area contributed by atoms with Gasteiger partial charge in [-0.3, -0.25) is 4.79 Å². The van der Waals surface area contributed by atoms with Gasteiger partial charge >= 0.3 is 0 Å². The number of hydrogen-bond acceptors (Lipinski definition) is 5. The summed E-state index contributed by atoms with van der Waals surface area (Å²) in [5.74, 6) is -0.0601. The van der Waals surface area contributed by atoms with Gasteiger partial charge in [0.1, 0.15) is 0 Å². The van der Waals surface area contributed by atoms with E-state index in [2.05, 4.69) is 31.1 Å². The predicted octanol–water partition coefficient (Wildman–Crippen LogP) is 1.76. The van der Waals surface area contributed by atoms with E-state index in [4.69, 9.17) is 0 Å². The van der Waals surface area contributed by atoms with Crippen LogP contribution in [0.1, 0.15) is 37.1 Å². The second-order valence-electron chi connectivity index (χ2n) is 6.26. The van der Waals surface area contributed by atoms with Crippen LogP contribution in [0.4, 0.5) is 0 Å². The van der Waals surface area contributed by atoms with Gasteiger partial charge in [-0.05, 0) is 12.5 Å². The van der Waals surface area contributed by atoms with Crippen molar-refractivity contribution < 1.29 is 13.2 Å². The number of carbonyl (C=O) groups is 1. The highest BCUT2D eigenvalue weighted by Crippen LogP contribution is 2.27. The topological polar surface area (TPSA) is 76.1 Å². The van der Waals surface area contributed by atoms with E-state index in [0.29, 0.717) is 6.42 Å². The van der Waals surface area contributed by atoms with E-state index < -0.39 is 9.84 Å². The number of aromatic nitrogens is 1. The smallest absolute Gasteiger partial charge is 0.244 e. The molecule has 1 aromatic rings. The van der Waals surface area contributed by atoms with Crippen LogP contribution in [0.25, 0.3) is 6.08 Å². The molecule has 0 unspecified atom stereocenters. The van der Waals surface area contributed by atoms with E-state index in [9.17, 15) is 13.2 Å². The number of carbonyl (C=O) groups excluding carboxylic acids is 1. The van der Waals surface area contributed by atoms with Gasteiger partial charge in [0.2, 0.25) is 5.91 Å². The van der Waals surface area contributed by atoms with Crippen molar-refractivity contribution in [1.82, 2.24) is 10.3 Å². The highest BCUT2D eigenvalue weighted by molar-refractivity contribution is 7.91. The number of nitrogens with zero attached hydrogens (tertiary/aromatic N) is 1. The first kappa shape index (κ1) is 16.2. The molecule has 1 N–H and O–H groups in total. The molecule has 0 bridgehead atoms. The number of sulfone groups is 1. The molecule has 0 spiro atoms. The molecule has 21 heavy (non-hydrogen) atoms. The average molecular weight is 328 g/mol.